The second-order valence-corrected chi connectivity index (χ2v) is 5.71. The Balaban J connectivity index is 1.84. The minimum atomic E-state index is 0.0872. The SMILES string of the molecule is CN(CCCc1ccccc1)C(=O)c1ccc(CBr)cc1. The number of carbonyl (C=O) groups is 1. The minimum absolute atomic E-state index is 0.0872. The largest absolute Gasteiger partial charge is 0.342 e. The normalized spacial score (nSPS) is 10.4. The van der Waals surface area contributed by atoms with Gasteiger partial charge in [0.2, 0.25) is 0 Å². The van der Waals surface area contributed by atoms with Gasteiger partial charge in [0.05, 0.1) is 0 Å². The van der Waals surface area contributed by atoms with E-state index in [0.29, 0.717) is 0 Å². The molecular weight excluding hydrogens is 326 g/mol. The minimum Gasteiger partial charge on any atom is -0.342 e. The van der Waals surface area contributed by atoms with Gasteiger partial charge in [-0.05, 0) is 36.1 Å². The van der Waals surface area contributed by atoms with E-state index < -0.39 is 0 Å². The van der Waals surface area contributed by atoms with Crippen molar-refractivity contribution in [3.8, 4) is 0 Å². The molecule has 110 valence electrons. The summed E-state index contributed by atoms with van der Waals surface area (Å²) in [6.07, 6.45) is 1.98. The topological polar surface area (TPSA) is 20.3 Å². The molecule has 0 aliphatic rings. The van der Waals surface area contributed by atoms with Crippen molar-refractivity contribution in [2.45, 2.75) is 18.2 Å². The van der Waals surface area contributed by atoms with Gasteiger partial charge in [-0.25, -0.2) is 0 Å². The molecule has 3 heteroatoms. The molecule has 0 unspecified atom stereocenters. The van der Waals surface area contributed by atoms with Crippen LogP contribution in [0, 0.1) is 0 Å². The molecule has 0 atom stereocenters. The summed E-state index contributed by atoms with van der Waals surface area (Å²) in [4.78, 5) is 14.1. The van der Waals surface area contributed by atoms with Crippen molar-refractivity contribution < 1.29 is 4.79 Å². The van der Waals surface area contributed by atoms with Crippen molar-refractivity contribution in [2.75, 3.05) is 13.6 Å². The Labute approximate surface area is 134 Å². The van der Waals surface area contributed by atoms with Gasteiger partial charge in [-0.2, -0.15) is 0 Å². The third kappa shape index (κ3) is 4.71. The molecule has 2 aromatic rings. The smallest absolute Gasteiger partial charge is 0.253 e. The molecule has 0 fully saturated rings. The van der Waals surface area contributed by atoms with Crippen molar-refractivity contribution in [3.05, 3.63) is 71.3 Å². The van der Waals surface area contributed by atoms with Gasteiger partial charge in [-0.3, -0.25) is 4.79 Å². The van der Waals surface area contributed by atoms with Crippen molar-refractivity contribution in [2.24, 2.45) is 0 Å². The van der Waals surface area contributed by atoms with Gasteiger partial charge >= 0.3 is 0 Å². The molecule has 2 nitrogen and oxygen atoms in total. The van der Waals surface area contributed by atoms with Crippen LogP contribution in [0.15, 0.2) is 54.6 Å². The number of aryl methyl sites for hydroxylation is 1. The Bertz CT molecular complexity index is 566. The van der Waals surface area contributed by atoms with Crippen LogP contribution in [0.3, 0.4) is 0 Å². The summed E-state index contributed by atoms with van der Waals surface area (Å²) >= 11 is 3.41. The fourth-order valence-corrected chi connectivity index (χ4v) is 2.60. The molecule has 21 heavy (non-hydrogen) atoms. The predicted molar refractivity (Wildman–Crippen MR) is 90.8 cm³/mol. The predicted octanol–water partition coefficient (Wildman–Crippen LogP) is 4.29. The Kier molecular flexibility index (Phi) is 6.00. The van der Waals surface area contributed by atoms with Gasteiger partial charge in [0.25, 0.3) is 5.91 Å². The molecule has 0 saturated carbocycles. The monoisotopic (exact) mass is 345 g/mol. The zero-order valence-electron chi connectivity index (χ0n) is 12.3. The Hall–Kier alpha value is -1.61. The Morgan fingerprint density at radius 1 is 1.00 bits per heavy atom. The fourth-order valence-electron chi connectivity index (χ4n) is 2.22. The average molecular weight is 346 g/mol. The second kappa shape index (κ2) is 7.99. The second-order valence-electron chi connectivity index (χ2n) is 5.15. The van der Waals surface area contributed by atoms with Crippen molar-refractivity contribution in [3.63, 3.8) is 0 Å². The average Bonchev–Trinajstić information content (AvgIpc) is 2.55. The maximum absolute atomic E-state index is 12.3. The van der Waals surface area contributed by atoms with E-state index >= 15 is 0 Å². The zero-order valence-corrected chi connectivity index (χ0v) is 13.8. The highest BCUT2D eigenvalue weighted by atomic mass is 79.9. The molecule has 0 spiro atoms. The summed E-state index contributed by atoms with van der Waals surface area (Å²) in [7, 11) is 1.87. The Morgan fingerprint density at radius 3 is 2.29 bits per heavy atom. The third-order valence-corrected chi connectivity index (χ3v) is 4.15. The van der Waals surface area contributed by atoms with Crippen LogP contribution in [0.1, 0.15) is 27.9 Å². The van der Waals surface area contributed by atoms with Crippen LogP contribution in [-0.4, -0.2) is 24.4 Å². The molecular formula is C18H20BrNO. The van der Waals surface area contributed by atoms with E-state index in [1.807, 2.05) is 37.4 Å². The maximum Gasteiger partial charge on any atom is 0.253 e. The van der Waals surface area contributed by atoms with E-state index in [2.05, 4.69) is 40.2 Å². The molecule has 0 aromatic heterocycles. The van der Waals surface area contributed by atoms with Gasteiger partial charge in [0.15, 0.2) is 0 Å². The van der Waals surface area contributed by atoms with E-state index in [-0.39, 0.29) is 5.91 Å². The van der Waals surface area contributed by atoms with Crippen LogP contribution in [0.25, 0.3) is 0 Å². The fraction of sp³-hybridized carbons (Fsp3) is 0.278. The summed E-state index contributed by atoms with van der Waals surface area (Å²) in [6.45, 7) is 0.772. The first-order chi connectivity index (χ1) is 10.2. The highest BCUT2D eigenvalue weighted by molar-refractivity contribution is 9.08. The number of hydrogen-bond donors (Lipinski definition) is 0. The highest BCUT2D eigenvalue weighted by Gasteiger charge is 2.10. The molecule has 0 saturated heterocycles. The zero-order chi connectivity index (χ0) is 15.1. The van der Waals surface area contributed by atoms with E-state index in [4.69, 9.17) is 0 Å². The summed E-state index contributed by atoms with van der Waals surface area (Å²) in [5.74, 6) is 0.0872. The molecule has 0 aliphatic heterocycles. The number of hydrogen-bond acceptors (Lipinski definition) is 1. The van der Waals surface area contributed by atoms with Crippen LogP contribution in [0.2, 0.25) is 0 Å². The molecule has 0 heterocycles. The molecule has 2 aromatic carbocycles. The van der Waals surface area contributed by atoms with Crippen LogP contribution >= 0.6 is 15.9 Å². The van der Waals surface area contributed by atoms with Gasteiger partial charge in [0.1, 0.15) is 0 Å². The summed E-state index contributed by atoms with van der Waals surface area (Å²) in [6, 6.07) is 18.1. The van der Waals surface area contributed by atoms with Crippen LogP contribution in [0.5, 0.6) is 0 Å². The van der Waals surface area contributed by atoms with Gasteiger partial charge in [-0.15, -0.1) is 0 Å². The number of rotatable bonds is 6. The molecule has 1 amide bonds. The molecule has 0 radical (unpaired) electrons. The molecule has 2 rings (SSSR count). The number of halogens is 1. The van der Waals surface area contributed by atoms with Crippen LogP contribution in [-0.2, 0) is 11.8 Å². The number of amides is 1. The van der Waals surface area contributed by atoms with E-state index in [1.165, 1.54) is 11.1 Å². The summed E-state index contributed by atoms with van der Waals surface area (Å²) in [5.41, 5.74) is 3.25. The first-order valence-corrected chi connectivity index (χ1v) is 8.27. The standard InChI is InChI=1S/C18H20BrNO/c1-20(13-5-8-15-6-3-2-4-7-15)18(21)17-11-9-16(14-19)10-12-17/h2-4,6-7,9-12H,5,8,13-14H2,1H3. The maximum atomic E-state index is 12.3. The third-order valence-electron chi connectivity index (χ3n) is 3.50. The molecule has 0 bridgehead atoms. The highest BCUT2D eigenvalue weighted by Crippen LogP contribution is 2.10. The number of carbonyl (C=O) groups excluding carboxylic acids is 1. The van der Waals surface area contributed by atoms with Crippen LogP contribution < -0.4 is 0 Å². The van der Waals surface area contributed by atoms with E-state index in [0.717, 1.165) is 30.3 Å². The first kappa shape index (κ1) is 15.8. The lowest BCUT2D eigenvalue weighted by Crippen LogP contribution is -2.28. The van der Waals surface area contributed by atoms with E-state index in [9.17, 15) is 4.79 Å². The molecule has 0 N–H and O–H groups in total. The van der Waals surface area contributed by atoms with Crippen molar-refractivity contribution >= 4 is 21.8 Å². The summed E-state index contributed by atoms with van der Waals surface area (Å²) in [5, 5.41) is 0.814. The summed E-state index contributed by atoms with van der Waals surface area (Å²) < 4.78 is 0. The Morgan fingerprint density at radius 2 is 1.67 bits per heavy atom. The van der Waals surface area contributed by atoms with Crippen LogP contribution in [0.4, 0.5) is 0 Å². The van der Waals surface area contributed by atoms with E-state index in [1.54, 1.807) is 4.90 Å². The van der Waals surface area contributed by atoms with Gasteiger partial charge in [-0.1, -0.05) is 58.4 Å². The number of benzene rings is 2. The lowest BCUT2D eigenvalue weighted by atomic mass is 10.1. The van der Waals surface area contributed by atoms with Gasteiger partial charge in [0, 0.05) is 24.5 Å². The first-order valence-electron chi connectivity index (χ1n) is 7.15. The van der Waals surface area contributed by atoms with Gasteiger partial charge < -0.3 is 4.90 Å². The quantitative estimate of drug-likeness (QED) is 0.715. The van der Waals surface area contributed by atoms with Crippen molar-refractivity contribution in [1.82, 2.24) is 4.90 Å². The van der Waals surface area contributed by atoms with Crippen molar-refractivity contribution in [1.29, 1.82) is 0 Å². The lowest BCUT2D eigenvalue weighted by molar-refractivity contribution is 0.0793. The molecule has 0 aliphatic carbocycles. The number of alkyl halides is 1. The lowest BCUT2D eigenvalue weighted by Gasteiger charge is -2.17. The number of nitrogens with zero attached hydrogens (tertiary/aromatic N) is 1.